The maximum Gasteiger partial charge on any atom is 0.245 e. The Morgan fingerprint density at radius 2 is 1.54 bits per heavy atom. The second kappa shape index (κ2) is 20.1. The summed E-state index contributed by atoms with van der Waals surface area (Å²) in [5.41, 5.74) is 0.676. The minimum Gasteiger partial charge on any atom is -0.390 e. The van der Waals surface area contributed by atoms with Crippen LogP contribution in [0.3, 0.4) is 0 Å². The molecular weight excluding hydrogens is 638 g/mol. The summed E-state index contributed by atoms with van der Waals surface area (Å²) < 4.78 is 5.94. The molecule has 1 aliphatic rings. The molecule has 1 saturated heterocycles. The van der Waals surface area contributed by atoms with Crippen LogP contribution in [0.2, 0.25) is 0 Å². The SMILES string of the molecule is CC[C@H](C)C([C@@H](CC(=O)N1CCC[C@H]1[C@H](O)[C@@H](C)C(=O)N[C@H](C)[C@@H](O)c1ccccc1)OC)N(C)C(=O)[C@@H](NC(=O)[C@@H](NC)C(C)C)C(C)C. The van der Waals surface area contributed by atoms with Gasteiger partial charge < -0.3 is 40.7 Å². The number of nitrogens with one attached hydrogen (secondary N) is 3. The molecule has 2 rings (SSSR count). The molecule has 1 aromatic rings. The first-order chi connectivity index (χ1) is 23.5. The number of amides is 4. The fourth-order valence-corrected chi connectivity index (χ4v) is 7.08. The topological polar surface area (TPSA) is 161 Å². The quantitative estimate of drug-likeness (QED) is 0.147. The van der Waals surface area contributed by atoms with Crippen LogP contribution in [0.5, 0.6) is 0 Å². The van der Waals surface area contributed by atoms with Crippen LogP contribution in [-0.2, 0) is 23.9 Å². The van der Waals surface area contributed by atoms with Gasteiger partial charge in [0.05, 0.1) is 54.8 Å². The smallest absolute Gasteiger partial charge is 0.245 e. The van der Waals surface area contributed by atoms with Crippen molar-refractivity contribution in [1.29, 1.82) is 0 Å². The molecule has 1 aromatic carbocycles. The van der Waals surface area contributed by atoms with Crippen molar-refractivity contribution in [3.63, 3.8) is 0 Å². The molecule has 4 amide bonds. The van der Waals surface area contributed by atoms with Crippen LogP contribution in [-0.4, -0.2) is 114 Å². The van der Waals surface area contributed by atoms with Gasteiger partial charge in [0.1, 0.15) is 6.04 Å². The highest BCUT2D eigenvalue weighted by Gasteiger charge is 2.42. The van der Waals surface area contributed by atoms with Gasteiger partial charge in [-0.15, -0.1) is 0 Å². The number of hydrogen-bond donors (Lipinski definition) is 5. The first kappa shape index (κ1) is 43.1. The average Bonchev–Trinajstić information content (AvgIpc) is 3.59. The van der Waals surface area contributed by atoms with Crippen LogP contribution in [0.15, 0.2) is 30.3 Å². The Morgan fingerprint density at radius 3 is 2.06 bits per heavy atom. The number of hydrogen-bond acceptors (Lipinski definition) is 8. The summed E-state index contributed by atoms with van der Waals surface area (Å²) in [6, 6.07) is 6.19. The first-order valence-corrected chi connectivity index (χ1v) is 18.3. The molecule has 10 atom stereocenters. The van der Waals surface area contributed by atoms with Gasteiger partial charge in [-0.25, -0.2) is 0 Å². The third-order valence-corrected chi connectivity index (χ3v) is 10.5. The van der Waals surface area contributed by atoms with Crippen LogP contribution in [0.1, 0.15) is 92.7 Å². The Balaban J connectivity index is 2.20. The molecule has 5 N–H and O–H groups in total. The lowest BCUT2D eigenvalue weighted by molar-refractivity contribution is -0.147. The van der Waals surface area contributed by atoms with Crippen molar-refractivity contribution in [2.24, 2.45) is 23.7 Å². The molecule has 0 spiro atoms. The number of benzene rings is 1. The monoisotopic (exact) mass is 703 g/mol. The summed E-state index contributed by atoms with van der Waals surface area (Å²) in [6.07, 6.45) is -0.787. The number of carbonyl (C=O) groups is 4. The van der Waals surface area contributed by atoms with Crippen molar-refractivity contribution in [3.05, 3.63) is 35.9 Å². The van der Waals surface area contributed by atoms with E-state index in [2.05, 4.69) is 16.0 Å². The first-order valence-electron chi connectivity index (χ1n) is 18.3. The van der Waals surface area contributed by atoms with Crippen molar-refractivity contribution in [1.82, 2.24) is 25.8 Å². The minimum atomic E-state index is -1.12. The van der Waals surface area contributed by atoms with Gasteiger partial charge in [-0.2, -0.15) is 0 Å². The lowest BCUT2D eigenvalue weighted by Gasteiger charge is -2.40. The molecule has 284 valence electrons. The zero-order valence-electron chi connectivity index (χ0n) is 32.2. The third kappa shape index (κ3) is 11.0. The van der Waals surface area contributed by atoms with Gasteiger partial charge in [0, 0.05) is 20.7 Å². The van der Waals surface area contributed by atoms with E-state index in [0.29, 0.717) is 24.9 Å². The van der Waals surface area contributed by atoms with E-state index in [0.717, 1.165) is 6.42 Å². The molecule has 0 aromatic heterocycles. The number of likely N-dealkylation sites (N-methyl/N-ethyl adjacent to an activating group) is 2. The Morgan fingerprint density at radius 1 is 0.940 bits per heavy atom. The normalized spacial score (nSPS) is 20.3. The second-order valence-corrected chi connectivity index (χ2v) is 14.8. The summed E-state index contributed by atoms with van der Waals surface area (Å²) in [7, 11) is 4.95. The van der Waals surface area contributed by atoms with Gasteiger partial charge in [-0.1, -0.05) is 85.2 Å². The van der Waals surface area contributed by atoms with Gasteiger partial charge in [0.25, 0.3) is 0 Å². The molecule has 0 aliphatic carbocycles. The molecule has 1 fully saturated rings. The Labute approximate surface area is 300 Å². The van der Waals surface area contributed by atoms with E-state index in [-0.39, 0.29) is 41.9 Å². The largest absolute Gasteiger partial charge is 0.390 e. The molecule has 1 unspecified atom stereocenters. The molecule has 12 heteroatoms. The summed E-state index contributed by atoms with van der Waals surface area (Å²) in [5, 5.41) is 31.0. The molecule has 50 heavy (non-hydrogen) atoms. The predicted octanol–water partition coefficient (Wildman–Crippen LogP) is 2.88. The average molecular weight is 704 g/mol. The maximum absolute atomic E-state index is 14.1. The fourth-order valence-electron chi connectivity index (χ4n) is 7.08. The van der Waals surface area contributed by atoms with Crippen molar-refractivity contribution >= 4 is 23.6 Å². The van der Waals surface area contributed by atoms with E-state index < -0.39 is 60.3 Å². The summed E-state index contributed by atoms with van der Waals surface area (Å²) in [5.74, 6) is -2.17. The van der Waals surface area contributed by atoms with Crippen LogP contribution < -0.4 is 16.0 Å². The van der Waals surface area contributed by atoms with Crippen molar-refractivity contribution < 1.29 is 34.1 Å². The zero-order valence-corrected chi connectivity index (χ0v) is 32.2. The lowest BCUT2D eigenvalue weighted by Crippen LogP contribution is -2.59. The zero-order chi connectivity index (χ0) is 37.9. The van der Waals surface area contributed by atoms with Crippen molar-refractivity contribution in [2.75, 3.05) is 27.7 Å². The highest BCUT2D eigenvalue weighted by Crippen LogP contribution is 2.29. The molecule has 0 radical (unpaired) electrons. The van der Waals surface area contributed by atoms with Gasteiger partial charge >= 0.3 is 0 Å². The highest BCUT2D eigenvalue weighted by molar-refractivity contribution is 5.90. The molecular formula is C38H65N5O7. The number of likely N-dealkylation sites (tertiary alicyclic amines) is 1. The summed E-state index contributed by atoms with van der Waals surface area (Å²) >= 11 is 0. The molecule has 1 aliphatic heterocycles. The minimum absolute atomic E-state index is 0.0267. The Kier molecular flexibility index (Phi) is 17.3. The summed E-state index contributed by atoms with van der Waals surface area (Å²) in [4.78, 5) is 57.6. The molecule has 1 heterocycles. The fraction of sp³-hybridized carbons (Fsp3) is 0.737. The van der Waals surface area contributed by atoms with Gasteiger partial charge in [0.2, 0.25) is 23.6 Å². The van der Waals surface area contributed by atoms with Crippen LogP contribution in [0.25, 0.3) is 0 Å². The highest BCUT2D eigenvalue weighted by atomic mass is 16.5. The number of nitrogens with zero attached hydrogens (tertiary/aromatic N) is 2. The van der Waals surface area contributed by atoms with Crippen molar-refractivity contribution in [3.8, 4) is 0 Å². The molecule has 0 bridgehead atoms. The summed E-state index contributed by atoms with van der Waals surface area (Å²) in [6.45, 7) is 15.5. The number of rotatable bonds is 19. The number of aliphatic hydroxyl groups excluding tert-OH is 2. The Bertz CT molecular complexity index is 1230. The van der Waals surface area contributed by atoms with E-state index in [1.54, 1.807) is 49.9 Å². The van der Waals surface area contributed by atoms with E-state index in [1.165, 1.54) is 7.11 Å². The Hall–Kier alpha value is -3.06. The van der Waals surface area contributed by atoms with E-state index >= 15 is 0 Å². The number of aliphatic hydroxyl groups is 2. The van der Waals surface area contributed by atoms with Crippen molar-refractivity contribution in [2.45, 2.75) is 130 Å². The molecule has 12 nitrogen and oxygen atoms in total. The molecule has 0 saturated carbocycles. The second-order valence-electron chi connectivity index (χ2n) is 14.8. The van der Waals surface area contributed by atoms with E-state index in [4.69, 9.17) is 4.74 Å². The predicted molar refractivity (Wildman–Crippen MR) is 195 cm³/mol. The van der Waals surface area contributed by atoms with Gasteiger partial charge in [-0.3, -0.25) is 19.2 Å². The lowest BCUT2D eigenvalue weighted by atomic mass is 9.89. The van der Waals surface area contributed by atoms with E-state index in [9.17, 15) is 29.4 Å². The van der Waals surface area contributed by atoms with Gasteiger partial charge in [0.15, 0.2) is 0 Å². The van der Waals surface area contributed by atoms with Crippen LogP contribution >= 0.6 is 0 Å². The standard InChI is InChI=1S/C38H65N5O7/c1-12-24(6)33(42(10)38(49)32(23(4)5)41-37(48)31(39-9)22(2)3)29(50-11)21-30(44)43-20-16-19-28(43)34(45)25(7)36(47)40-26(8)35(46)27-17-14-13-15-18-27/h13-15,17-18,22-26,28-29,31-35,39,45-46H,12,16,19-21H2,1-11H3,(H,40,47)(H,41,48)/t24-,25+,26+,28-,29+,31-,32-,33?,34+,35+/m0/s1. The number of methoxy groups -OCH3 is 1. The van der Waals surface area contributed by atoms with Crippen LogP contribution in [0, 0.1) is 23.7 Å². The number of carbonyl (C=O) groups excluding carboxylic acids is 4. The number of ether oxygens (including phenoxy) is 1. The van der Waals surface area contributed by atoms with Gasteiger partial charge in [-0.05, 0) is 50.1 Å². The third-order valence-electron chi connectivity index (χ3n) is 10.5. The maximum atomic E-state index is 14.1. The van der Waals surface area contributed by atoms with Crippen LogP contribution in [0.4, 0.5) is 0 Å². The van der Waals surface area contributed by atoms with E-state index in [1.807, 2.05) is 59.7 Å².